The van der Waals surface area contributed by atoms with E-state index in [9.17, 15) is 0 Å². The number of unbranched alkanes of at least 4 members (excludes halogenated alkanes) is 5. The predicted octanol–water partition coefficient (Wildman–Crippen LogP) is 3.76. The van der Waals surface area contributed by atoms with Gasteiger partial charge in [0.1, 0.15) is 12.1 Å². The molecule has 0 saturated heterocycles. The molecule has 1 heterocycles. The Morgan fingerprint density at radius 2 is 1.91 bits per heavy atom. The van der Waals surface area contributed by atoms with E-state index in [-0.39, 0.29) is 0 Å². The molecule has 2 aromatic rings. The molecule has 0 bridgehead atoms. The molecule has 0 fully saturated rings. The maximum absolute atomic E-state index is 5.83. The molecule has 1 aromatic heterocycles. The summed E-state index contributed by atoms with van der Waals surface area (Å²) < 4.78 is 7.01. The molecule has 0 unspecified atom stereocenters. The number of rotatable bonds is 9. The number of anilines is 1. The highest BCUT2D eigenvalue weighted by Crippen LogP contribution is 2.23. The highest BCUT2D eigenvalue weighted by molar-refractivity contribution is 5.57. The Hall–Kier alpha value is -2.04. The van der Waals surface area contributed by atoms with Crippen molar-refractivity contribution in [3.63, 3.8) is 0 Å². The van der Waals surface area contributed by atoms with Crippen molar-refractivity contribution < 1.29 is 4.74 Å². The standard InChI is InChI=1S/C17H26N4O/c1-3-4-5-6-7-8-9-17-19-13-21(20-17)14-10-11-15(18)16(12-14)22-2/h10-13H,3-9,18H2,1-2H3. The molecule has 120 valence electrons. The number of nitrogens with two attached hydrogens (primary N) is 1. The van der Waals surface area contributed by atoms with E-state index in [1.165, 1.54) is 32.1 Å². The molecule has 5 heteroatoms. The van der Waals surface area contributed by atoms with Crippen LogP contribution in [-0.2, 0) is 6.42 Å². The Labute approximate surface area is 132 Å². The molecule has 0 radical (unpaired) electrons. The Kier molecular flexibility index (Phi) is 6.25. The molecule has 0 aliphatic heterocycles. The fourth-order valence-corrected chi connectivity index (χ4v) is 2.44. The van der Waals surface area contributed by atoms with Crippen LogP contribution in [-0.4, -0.2) is 21.9 Å². The monoisotopic (exact) mass is 302 g/mol. The van der Waals surface area contributed by atoms with Crippen molar-refractivity contribution >= 4 is 5.69 Å². The minimum Gasteiger partial charge on any atom is -0.495 e. The second-order valence-corrected chi connectivity index (χ2v) is 5.55. The van der Waals surface area contributed by atoms with Crippen LogP contribution < -0.4 is 10.5 Å². The van der Waals surface area contributed by atoms with Gasteiger partial charge in [-0.1, -0.05) is 39.0 Å². The van der Waals surface area contributed by atoms with Crippen molar-refractivity contribution in [2.24, 2.45) is 0 Å². The maximum Gasteiger partial charge on any atom is 0.151 e. The number of methoxy groups -OCH3 is 1. The van der Waals surface area contributed by atoms with Crippen LogP contribution in [0.4, 0.5) is 5.69 Å². The molecule has 2 N–H and O–H groups in total. The summed E-state index contributed by atoms with van der Waals surface area (Å²) in [6.45, 7) is 2.24. The van der Waals surface area contributed by atoms with Gasteiger partial charge in [-0.05, 0) is 18.6 Å². The van der Waals surface area contributed by atoms with Crippen LogP contribution in [0.5, 0.6) is 5.75 Å². The lowest BCUT2D eigenvalue weighted by Gasteiger charge is -2.06. The molecule has 0 spiro atoms. The van der Waals surface area contributed by atoms with Gasteiger partial charge in [-0.25, -0.2) is 9.67 Å². The molecule has 0 aliphatic carbocycles. The maximum atomic E-state index is 5.83. The molecule has 0 saturated carbocycles. The minimum atomic E-state index is 0.624. The smallest absolute Gasteiger partial charge is 0.151 e. The van der Waals surface area contributed by atoms with Crippen LogP contribution in [0.25, 0.3) is 5.69 Å². The molecule has 0 amide bonds. The van der Waals surface area contributed by atoms with Crippen molar-refractivity contribution in [1.82, 2.24) is 14.8 Å². The van der Waals surface area contributed by atoms with E-state index in [1.54, 1.807) is 18.1 Å². The number of aromatic nitrogens is 3. The summed E-state index contributed by atoms with van der Waals surface area (Å²) in [5.41, 5.74) is 7.36. The normalized spacial score (nSPS) is 10.8. The van der Waals surface area contributed by atoms with Gasteiger partial charge >= 0.3 is 0 Å². The Balaban J connectivity index is 1.88. The molecule has 0 atom stereocenters. The lowest BCUT2D eigenvalue weighted by Crippen LogP contribution is -1.99. The Morgan fingerprint density at radius 3 is 2.68 bits per heavy atom. The van der Waals surface area contributed by atoms with Gasteiger partial charge in [-0.3, -0.25) is 0 Å². The summed E-state index contributed by atoms with van der Waals surface area (Å²) in [5, 5.41) is 4.53. The van der Waals surface area contributed by atoms with Gasteiger partial charge in [0.25, 0.3) is 0 Å². The average Bonchev–Trinajstić information content (AvgIpc) is 3.00. The van der Waals surface area contributed by atoms with Crippen molar-refractivity contribution in [1.29, 1.82) is 0 Å². The molecule has 22 heavy (non-hydrogen) atoms. The second-order valence-electron chi connectivity index (χ2n) is 5.55. The number of nitrogens with zero attached hydrogens (tertiary/aromatic N) is 3. The Bertz CT molecular complexity index is 580. The first-order chi connectivity index (χ1) is 10.7. The van der Waals surface area contributed by atoms with Crippen molar-refractivity contribution in [3.8, 4) is 11.4 Å². The van der Waals surface area contributed by atoms with E-state index >= 15 is 0 Å². The third-order valence-corrected chi connectivity index (χ3v) is 3.77. The first-order valence-corrected chi connectivity index (χ1v) is 8.09. The molecular weight excluding hydrogens is 276 g/mol. The van der Waals surface area contributed by atoms with Gasteiger partial charge in [0.15, 0.2) is 5.82 Å². The van der Waals surface area contributed by atoms with E-state index in [0.29, 0.717) is 11.4 Å². The summed E-state index contributed by atoms with van der Waals surface area (Å²) in [7, 11) is 1.61. The number of ether oxygens (including phenoxy) is 1. The van der Waals surface area contributed by atoms with Crippen molar-refractivity contribution in [2.75, 3.05) is 12.8 Å². The average molecular weight is 302 g/mol. The van der Waals surface area contributed by atoms with Gasteiger partial charge in [0, 0.05) is 12.5 Å². The second kappa shape index (κ2) is 8.41. The van der Waals surface area contributed by atoms with Gasteiger partial charge in [0.05, 0.1) is 18.5 Å². The number of benzene rings is 1. The molecular formula is C17H26N4O. The fraction of sp³-hybridized carbons (Fsp3) is 0.529. The fourth-order valence-electron chi connectivity index (χ4n) is 2.44. The van der Waals surface area contributed by atoms with Gasteiger partial charge in [-0.2, -0.15) is 5.10 Å². The summed E-state index contributed by atoms with van der Waals surface area (Å²) in [5.74, 6) is 1.55. The Morgan fingerprint density at radius 1 is 1.14 bits per heavy atom. The zero-order valence-electron chi connectivity index (χ0n) is 13.6. The van der Waals surface area contributed by atoms with Gasteiger partial charge in [0.2, 0.25) is 0 Å². The molecule has 0 aliphatic rings. The SMILES string of the molecule is CCCCCCCCc1ncn(-c2ccc(N)c(OC)c2)n1. The highest BCUT2D eigenvalue weighted by atomic mass is 16.5. The predicted molar refractivity (Wildman–Crippen MR) is 89.4 cm³/mol. The number of hydrogen-bond donors (Lipinski definition) is 1. The van der Waals surface area contributed by atoms with Crippen LogP contribution in [0.2, 0.25) is 0 Å². The van der Waals surface area contributed by atoms with E-state index in [0.717, 1.165) is 24.4 Å². The minimum absolute atomic E-state index is 0.624. The zero-order valence-corrected chi connectivity index (χ0v) is 13.6. The lowest BCUT2D eigenvalue weighted by atomic mass is 10.1. The molecule has 2 rings (SSSR count). The van der Waals surface area contributed by atoms with Crippen LogP contribution >= 0.6 is 0 Å². The van der Waals surface area contributed by atoms with E-state index in [1.807, 2.05) is 18.2 Å². The summed E-state index contributed by atoms with van der Waals surface area (Å²) in [4.78, 5) is 4.38. The number of nitrogen functional groups attached to an aromatic ring is 1. The van der Waals surface area contributed by atoms with E-state index in [2.05, 4.69) is 17.0 Å². The highest BCUT2D eigenvalue weighted by Gasteiger charge is 2.06. The van der Waals surface area contributed by atoms with Gasteiger partial charge < -0.3 is 10.5 Å². The summed E-state index contributed by atoms with van der Waals surface area (Å²) >= 11 is 0. The molecule has 1 aromatic carbocycles. The largest absolute Gasteiger partial charge is 0.495 e. The van der Waals surface area contributed by atoms with Crippen molar-refractivity contribution in [2.45, 2.75) is 51.9 Å². The van der Waals surface area contributed by atoms with Crippen molar-refractivity contribution in [3.05, 3.63) is 30.4 Å². The third kappa shape index (κ3) is 4.48. The first kappa shape index (κ1) is 16.3. The molecule has 5 nitrogen and oxygen atoms in total. The van der Waals surface area contributed by atoms with Crippen LogP contribution in [0.3, 0.4) is 0 Å². The number of hydrogen-bond acceptors (Lipinski definition) is 4. The topological polar surface area (TPSA) is 66.0 Å². The van der Waals surface area contributed by atoms with Crippen LogP contribution in [0, 0.1) is 0 Å². The zero-order chi connectivity index (χ0) is 15.8. The van der Waals surface area contributed by atoms with E-state index < -0.39 is 0 Å². The van der Waals surface area contributed by atoms with Crippen LogP contribution in [0.1, 0.15) is 51.3 Å². The number of aryl methyl sites for hydroxylation is 1. The third-order valence-electron chi connectivity index (χ3n) is 3.77. The quantitative estimate of drug-likeness (QED) is 0.566. The lowest BCUT2D eigenvalue weighted by molar-refractivity contribution is 0.416. The summed E-state index contributed by atoms with van der Waals surface area (Å²) in [6, 6.07) is 5.61. The summed E-state index contributed by atoms with van der Waals surface area (Å²) in [6.07, 6.45) is 10.4. The first-order valence-electron chi connectivity index (χ1n) is 8.09. The van der Waals surface area contributed by atoms with Crippen LogP contribution in [0.15, 0.2) is 24.5 Å². The van der Waals surface area contributed by atoms with E-state index in [4.69, 9.17) is 10.5 Å². The van der Waals surface area contributed by atoms with Gasteiger partial charge in [-0.15, -0.1) is 0 Å².